The zero-order valence-corrected chi connectivity index (χ0v) is 11.6. The Hall–Kier alpha value is -0.130. The van der Waals surface area contributed by atoms with Crippen LogP contribution in [0.5, 0.6) is 0 Å². The van der Waals surface area contributed by atoms with Crippen LogP contribution in [0.1, 0.15) is 26.3 Å². The van der Waals surface area contributed by atoms with Gasteiger partial charge in [-0.15, -0.1) is 0 Å². The van der Waals surface area contributed by atoms with Crippen LogP contribution in [0.4, 0.5) is 0 Å². The second-order valence-electron chi connectivity index (χ2n) is 4.67. The smallest absolute Gasteiger partial charge is 0.0931 e. The Morgan fingerprint density at radius 2 is 1.67 bits per heavy atom. The molecule has 0 spiro atoms. The molecule has 3 heteroatoms. The summed E-state index contributed by atoms with van der Waals surface area (Å²) in [4.78, 5) is 0. The quantitative estimate of drug-likeness (QED) is 0.841. The summed E-state index contributed by atoms with van der Waals surface area (Å²) in [6.07, 6.45) is 0. The van der Waals surface area contributed by atoms with Crippen LogP contribution in [0.15, 0.2) is 24.3 Å². The Kier molecular flexibility index (Phi) is 3.79. The van der Waals surface area contributed by atoms with Gasteiger partial charge < -0.3 is 10.8 Å². The van der Waals surface area contributed by atoms with Crippen LogP contribution in [0.25, 0.3) is 0 Å². The largest absolute Gasteiger partial charge is 0.385 e. The summed E-state index contributed by atoms with van der Waals surface area (Å²) in [6, 6.07) is 7.91. The number of benzene rings is 1. The van der Waals surface area contributed by atoms with Crippen LogP contribution < -0.4 is 5.73 Å². The molecular formula is C12H18INO. The normalized spacial score (nSPS) is 16.1. The van der Waals surface area contributed by atoms with E-state index in [-0.39, 0.29) is 5.41 Å². The molecule has 1 unspecified atom stereocenters. The molecule has 0 saturated heterocycles. The summed E-state index contributed by atoms with van der Waals surface area (Å²) in [7, 11) is 0. The Morgan fingerprint density at radius 1 is 1.20 bits per heavy atom. The van der Waals surface area contributed by atoms with E-state index < -0.39 is 5.60 Å². The minimum absolute atomic E-state index is 0.334. The van der Waals surface area contributed by atoms with Gasteiger partial charge in [-0.25, -0.2) is 0 Å². The molecular weight excluding hydrogens is 301 g/mol. The zero-order valence-electron chi connectivity index (χ0n) is 9.42. The molecule has 0 fully saturated rings. The van der Waals surface area contributed by atoms with E-state index in [1.807, 2.05) is 45.0 Å². The van der Waals surface area contributed by atoms with Gasteiger partial charge in [-0.05, 0) is 47.2 Å². The highest BCUT2D eigenvalue weighted by atomic mass is 127. The summed E-state index contributed by atoms with van der Waals surface area (Å²) in [6.45, 7) is 6.23. The van der Waals surface area contributed by atoms with Gasteiger partial charge in [0.05, 0.1) is 5.60 Å². The SMILES string of the molecule is CC(C)(CN)C(C)(O)c1ccc(I)cc1. The lowest BCUT2D eigenvalue weighted by Gasteiger charge is -2.39. The van der Waals surface area contributed by atoms with E-state index in [9.17, 15) is 5.11 Å². The van der Waals surface area contributed by atoms with Gasteiger partial charge in [-0.2, -0.15) is 0 Å². The monoisotopic (exact) mass is 319 g/mol. The summed E-state index contributed by atoms with van der Waals surface area (Å²) < 4.78 is 1.16. The van der Waals surface area contributed by atoms with Crippen molar-refractivity contribution in [3.63, 3.8) is 0 Å². The zero-order chi connectivity index (χ0) is 11.7. The Morgan fingerprint density at radius 3 is 2.07 bits per heavy atom. The number of rotatable bonds is 3. The molecule has 1 atom stereocenters. The van der Waals surface area contributed by atoms with Gasteiger partial charge in [0.1, 0.15) is 0 Å². The van der Waals surface area contributed by atoms with Crippen molar-refractivity contribution in [2.45, 2.75) is 26.4 Å². The standard InChI is InChI=1S/C12H18INO/c1-11(2,8-14)12(3,15)9-4-6-10(13)7-5-9/h4-7,15H,8,14H2,1-3H3. The molecule has 84 valence electrons. The fourth-order valence-corrected chi connectivity index (χ4v) is 1.72. The molecule has 0 aliphatic carbocycles. The summed E-state index contributed by atoms with van der Waals surface area (Å²) in [5.41, 5.74) is 5.38. The van der Waals surface area contributed by atoms with Crippen molar-refractivity contribution in [1.29, 1.82) is 0 Å². The third-order valence-corrected chi connectivity index (χ3v) is 3.95. The van der Waals surface area contributed by atoms with Crippen LogP contribution in [-0.4, -0.2) is 11.7 Å². The lowest BCUT2D eigenvalue weighted by Crippen LogP contribution is -2.44. The molecule has 15 heavy (non-hydrogen) atoms. The summed E-state index contributed by atoms with van der Waals surface area (Å²) in [5.74, 6) is 0. The highest BCUT2D eigenvalue weighted by Gasteiger charge is 2.39. The highest BCUT2D eigenvalue weighted by molar-refractivity contribution is 14.1. The van der Waals surface area contributed by atoms with E-state index in [4.69, 9.17) is 5.73 Å². The molecule has 0 amide bonds. The maximum atomic E-state index is 10.5. The van der Waals surface area contributed by atoms with Crippen molar-refractivity contribution in [3.8, 4) is 0 Å². The maximum Gasteiger partial charge on any atom is 0.0931 e. The molecule has 1 aromatic carbocycles. The second kappa shape index (κ2) is 4.39. The van der Waals surface area contributed by atoms with Gasteiger partial charge in [0.25, 0.3) is 0 Å². The van der Waals surface area contributed by atoms with Gasteiger partial charge in [-0.3, -0.25) is 0 Å². The third-order valence-electron chi connectivity index (χ3n) is 3.23. The lowest BCUT2D eigenvalue weighted by atomic mass is 9.72. The van der Waals surface area contributed by atoms with E-state index in [1.54, 1.807) is 0 Å². The van der Waals surface area contributed by atoms with Gasteiger partial charge >= 0.3 is 0 Å². The van der Waals surface area contributed by atoms with Crippen LogP contribution in [0, 0.1) is 8.99 Å². The minimum Gasteiger partial charge on any atom is -0.385 e. The number of halogens is 1. The van der Waals surface area contributed by atoms with Crippen molar-refractivity contribution in [3.05, 3.63) is 33.4 Å². The Balaban J connectivity index is 3.10. The van der Waals surface area contributed by atoms with E-state index in [0.29, 0.717) is 6.54 Å². The molecule has 0 aromatic heterocycles. The fraction of sp³-hybridized carbons (Fsp3) is 0.500. The molecule has 0 aliphatic heterocycles. The summed E-state index contributed by atoms with van der Waals surface area (Å²) >= 11 is 2.25. The topological polar surface area (TPSA) is 46.2 Å². The number of aliphatic hydroxyl groups is 1. The molecule has 0 heterocycles. The van der Waals surface area contributed by atoms with Gasteiger partial charge in [0.15, 0.2) is 0 Å². The molecule has 0 aliphatic rings. The first kappa shape index (κ1) is 12.9. The molecule has 1 rings (SSSR count). The van der Waals surface area contributed by atoms with Crippen LogP contribution in [-0.2, 0) is 5.60 Å². The predicted octanol–water partition coefficient (Wildman–Crippen LogP) is 2.48. The van der Waals surface area contributed by atoms with Crippen molar-refractivity contribution < 1.29 is 5.11 Å². The Bertz CT molecular complexity index is 330. The number of hydrogen-bond donors (Lipinski definition) is 2. The van der Waals surface area contributed by atoms with Crippen molar-refractivity contribution in [2.75, 3.05) is 6.54 Å². The molecule has 0 radical (unpaired) electrons. The predicted molar refractivity (Wildman–Crippen MR) is 71.6 cm³/mol. The van der Waals surface area contributed by atoms with Crippen molar-refractivity contribution in [1.82, 2.24) is 0 Å². The van der Waals surface area contributed by atoms with E-state index >= 15 is 0 Å². The van der Waals surface area contributed by atoms with Crippen LogP contribution >= 0.6 is 22.6 Å². The first-order valence-corrected chi connectivity index (χ1v) is 6.07. The van der Waals surface area contributed by atoms with E-state index in [2.05, 4.69) is 22.6 Å². The molecule has 0 bridgehead atoms. The van der Waals surface area contributed by atoms with Crippen LogP contribution in [0.2, 0.25) is 0 Å². The van der Waals surface area contributed by atoms with Gasteiger partial charge in [0.2, 0.25) is 0 Å². The number of nitrogens with two attached hydrogens (primary N) is 1. The highest BCUT2D eigenvalue weighted by Crippen LogP contribution is 2.38. The Labute approximate surface area is 105 Å². The molecule has 0 saturated carbocycles. The average molecular weight is 319 g/mol. The fourth-order valence-electron chi connectivity index (χ4n) is 1.36. The van der Waals surface area contributed by atoms with E-state index in [1.165, 1.54) is 0 Å². The first-order valence-electron chi connectivity index (χ1n) is 5.00. The second-order valence-corrected chi connectivity index (χ2v) is 5.91. The van der Waals surface area contributed by atoms with E-state index in [0.717, 1.165) is 9.13 Å². The van der Waals surface area contributed by atoms with Gasteiger partial charge in [-0.1, -0.05) is 26.0 Å². The van der Waals surface area contributed by atoms with Crippen molar-refractivity contribution in [2.24, 2.45) is 11.1 Å². The maximum absolute atomic E-state index is 10.5. The minimum atomic E-state index is -0.897. The van der Waals surface area contributed by atoms with Crippen molar-refractivity contribution >= 4 is 22.6 Å². The third kappa shape index (κ3) is 2.52. The average Bonchev–Trinajstić information content (AvgIpc) is 2.18. The molecule has 1 aromatic rings. The summed E-state index contributed by atoms with van der Waals surface area (Å²) in [5, 5.41) is 10.5. The number of hydrogen-bond acceptors (Lipinski definition) is 2. The molecule has 3 N–H and O–H groups in total. The lowest BCUT2D eigenvalue weighted by molar-refractivity contribution is -0.0521. The first-order chi connectivity index (χ1) is 6.81. The van der Waals surface area contributed by atoms with Crippen LogP contribution in [0.3, 0.4) is 0 Å². The van der Waals surface area contributed by atoms with Gasteiger partial charge in [0, 0.05) is 15.5 Å². The molecule has 2 nitrogen and oxygen atoms in total.